The first-order valence-corrected chi connectivity index (χ1v) is 7.21. The van der Waals surface area contributed by atoms with E-state index >= 15 is 0 Å². The second kappa shape index (κ2) is 3.76. The molecule has 0 aliphatic carbocycles. The smallest absolute Gasteiger partial charge is 0.272 e. The van der Waals surface area contributed by atoms with E-state index < -0.39 is 7.37 Å². The zero-order valence-electron chi connectivity index (χ0n) is 8.93. The lowest BCUT2D eigenvalue weighted by Gasteiger charge is -2.10. The molecule has 0 unspecified atom stereocenters. The lowest BCUT2D eigenvalue weighted by Crippen LogP contribution is -2.09. The lowest BCUT2D eigenvalue weighted by molar-refractivity contribution is 0.483. The molecule has 84 valence electrons. The van der Waals surface area contributed by atoms with Crippen LogP contribution < -0.4 is 10.1 Å². The monoisotopic (exact) mass is 238 g/mol. The highest BCUT2D eigenvalue weighted by molar-refractivity contribution is 7.57. The summed E-state index contributed by atoms with van der Waals surface area (Å²) < 4.78 is 16.8. The molecule has 2 rings (SSSR count). The maximum absolute atomic E-state index is 11.6. The Kier molecular flexibility index (Phi) is 2.56. The Morgan fingerprint density at radius 2 is 1.88 bits per heavy atom. The van der Waals surface area contributed by atoms with Crippen molar-refractivity contribution in [1.82, 2.24) is 10.2 Å². The second-order valence-electron chi connectivity index (χ2n) is 3.75. The Hall–Kier alpha value is -1.61. The molecule has 0 aliphatic heterocycles. The molecule has 0 saturated heterocycles. The number of nitrogens with one attached hydrogen (secondary N) is 1. The molecular weight excluding hydrogens is 227 g/mol. The van der Waals surface area contributed by atoms with E-state index in [0.717, 1.165) is 0 Å². The number of rotatable bonds is 2. The molecule has 1 heterocycles. The van der Waals surface area contributed by atoms with Gasteiger partial charge in [0.15, 0.2) is 0 Å². The van der Waals surface area contributed by atoms with E-state index in [1.807, 2.05) is 0 Å². The van der Waals surface area contributed by atoms with Crippen molar-refractivity contribution >= 4 is 18.1 Å². The Morgan fingerprint density at radius 3 is 2.50 bits per heavy atom. The van der Waals surface area contributed by atoms with Gasteiger partial charge in [-0.1, -0.05) is 12.1 Å². The van der Waals surface area contributed by atoms with Gasteiger partial charge in [-0.2, -0.15) is 0 Å². The van der Waals surface area contributed by atoms with Crippen molar-refractivity contribution in [2.24, 2.45) is 0 Å². The maximum atomic E-state index is 11.6. The average Bonchev–Trinajstić information content (AvgIpc) is 2.21. The minimum atomic E-state index is -2.69. The van der Waals surface area contributed by atoms with Crippen LogP contribution in [0.25, 0.3) is 10.8 Å². The van der Waals surface area contributed by atoms with E-state index in [9.17, 15) is 9.36 Å². The molecule has 6 heteroatoms. The molecule has 1 aromatic heterocycles. The van der Waals surface area contributed by atoms with Crippen LogP contribution in [0, 0.1) is 0 Å². The van der Waals surface area contributed by atoms with Crippen LogP contribution in [0.1, 0.15) is 0 Å². The van der Waals surface area contributed by atoms with Crippen molar-refractivity contribution in [3.8, 4) is 5.88 Å². The fourth-order valence-electron chi connectivity index (χ4n) is 1.37. The zero-order valence-corrected chi connectivity index (χ0v) is 9.82. The predicted molar refractivity (Wildman–Crippen MR) is 62.4 cm³/mol. The van der Waals surface area contributed by atoms with Crippen LogP contribution in [0.5, 0.6) is 5.88 Å². The van der Waals surface area contributed by atoms with Crippen molar-refractivity contribution in [2.75, 3.05) is 13.3 Å². The number of nitrogens with zero attached hydrogens (tertiary/aromatic N) is 1. The van der Waals surface area contributed by atoms with Crippen LogP contribution in [0.2, 0.25) is 0 Å². The van der Waals surface area contributed by atoms with Gasteiger partial charge in [-0.05, 0) is 12.1 Å². The summed E-state index contributed by atoms with van der Waals surface area (Å²) in [5.74, 6) is 0.198. The number of fused-ring (bicyclic) bond motifs is 1. The van der Waals surface area contributed by atoms with E-state index in [0.29, 0.717) is 10.8 Å². The predicted octanol–water partition coefficient (Wildman–Crippen LogP) is 1.84. The van der Waals surface area contributed by atoms with Gasteiger partial charge in [0, 0.05) is 13.3 Å². The third-order valence-corrected chi connectivity index (χ3v) is 2.58. The largest absolute Gasteiger partial charge is 0.423 e. The van der Waals surface area contributed by atoms with Crippen molar-refractivity contribution < 1.29 is 9.09 Å². The number of aromatic amines is 1. The molecule has 2 aromatic rings. The number of benzene rings is 1. The number of aromatic nitrogens is 2. The number of H-pyrrole nitrogens is 1. The highest BCUT2D eigenvalue weighted by atomic mass is 31.2. The Morgan fingerprint density at radius 1 is 1.25 bits per heavy atom. The Balaban J connectivity index is 2.68. The molecule has 0 bridgehead atoms. The van der Waals surface area contributed by atoms with Crippen molar-refractivity contribution in [2.45, 2.75) is 0 Å². The fourth-order valence-corrected chi connectivity index (χ4v) is 1.92. The van der Waals surface area contributed by atoms with Crippen LogP contribution in [0.15, 0.2) is 29.1 Å². The Labute approximate surface area is 91.9 Å². The van der Waals surface area contributed by atoms with Gasteiger partial charge in [0.2, 0.25) is 13.2 Å². The quantitative estimate of drug-likeness (QED) is 0.810. The normalized spacial score (nSPS) is 11.6. The van der Waals surface area contributed by atoms with E-state index in [4.69, 9.17) is 4.52 Å². The number of hydrogen-bond donors (Lipinski definition) is 1. The third-order valence-electron chi connectivity index (χ3n) is 1.97. The summed E-state index contributed by atoms with van der Waals surface area (Å²) in [6.07, 6.45) is 0. The summed E-state index contributed by atoms with van der Waals surface area (Å²) in [4.78, 5) is 11.5. The summed E-state index contributed by atoms with van der Waals surface area (Å²) >= 11 is 0. The van der Waals surface area contributed by atoms with Gasteiger partial charge in [-0.25, -0.2) is 5.10 Å². The van der Waals surface area contributed by atoms with Crippen LogP contribution in [-0.4, -0.2) is 23.5 Å². The minimum absolute atomic E-state index is 0.198. The first-order chi connectivity index (χ1) is 7.47. The third kappa shape index (κ3) is 2.14. The number of hydrogen-bond acceptors (Lipinski definition) is 4. The topological polar surface area (TPSA) is 72.0 Å². The molecule has 1 aromatic carbocycles. The Bertz CT molecular complexity index is 629. The SMILES string of the molecule is CP(C)(=O)Oc1n[nH]c(=O)c2ccccc12. The van der Waals surface area contributed by atoms with Gasteiger partial charge in [0.05, 0.1) is 10.8 Å². The van der Waals surface area contributed by atoms with Crippen LogP contribution in [0.3, 0.4) is 0 Å². The average molecular weight is 238 g/mol. The van der Waals surface area contributed by atoms with Crippen LogP contribution in [-0.2, 0) is 4.57 Å². The van der Waals surface area contributed by atoms with Crippen molar-refractivity contribution in [3.05, 3.63) is 34.6 Å². The summed E-state index contributed by atoms with van der Waals surface area (Å²) in [6, 6.07) is 6.90. The molecule has 0 fully saturated rings. The highest BCUT2D eigenvalue weighted by Gasteiger charge is 2.14. The van der Waals surface area contributed by atoms with Crippen LogP contribution in [0.4, 0.5) is 0 Å². The van der Waals surface area contributed by atoms with E-state index in [1.165, 1.54) is 13.3 Å². The van der Waals surface area contributed by atoms with Crippen molar-refractivity contribution in [1.29, 1.82) is 0 Å². The first kappa shape index (κ1) is 10.9. The van der Waals surface area contributed by atoms with E-state index in [-0.39, 0.29) is 11.4 Å². The molecule has 0 amide bonds. The second-order valence-corrected chi connectivity index (χ2v) is 6.43. The molecule has 1 N–H and O–H groups in total. The van der Waals surface area contributed by atoms with Gasteiger partial charge < -0.3 is 4.52 Å². The van der Waals surface area contributed by atoms with Gasteiger partial charge in [0.25, 0.3) is 5.56 Å². The standard InChI is InChI=1S/C10H11N2O3P/c1-16(2,14)15-10-8-6-4-3-5-7(8)9(13)11-12-10/h3-6H,1-2H3,(H,11,13). The summed E-state index contributed by atoms with van der Waals surface area (Å²) in [7, 11) is -2.69. The molecule has 0 atom stereocenters. The summed E-state index contributed by atoms with van der Waals surface area (Å²) in [5, 5.41) is 7.11. The lowest BCUT2D eigenvalue weighted by atomic mass is 10.2. The van der Waals surface area contributed by atoms with Crippen LogP contribution >= 0.6 is 7.37 Å². The molecule has 16 heavy (non-hydrogen) atoms. The molecular formula is C10H11N2O3P. The molecule has 0 spiro atoms. The van der Waals surface area contributed by atoms with E-state index in [1.54, 1.807) is 24.3 Å². The van der Waals surface area contributed by atoms with Gasteiger partial charge in [-0.3, -0.25) is 9.36 Å². The summed E-state index contributed by atoms with van der Waals surface area (Å²) in [6.45, 7) is 2.99. The van der Waals surface area contributed by atoms with Gasteiger partial charge >= 0.3 is 0 Å². The van der Waals surface area contributed by atoms with Crippen molar-refractivity contribution in [3.63, 3.8) is 0 Å². The molecule has 0 radical (unpaired) electrons. The van der Waals surface area contributed by atoms with Gasteiger partial charge in [-0.15, -0.1) is 5.10 Å². The first-order valence-electron chi connectivity index (χ1n) is 4.69. The van der Waals surface area contributed by atoms with Gasteiger partial charge in [0.1, 0.15) is 0 Å². The zero-order chi connectivity index (χ0) is 11.8. The highest BCUT2D eigenvalue weighted by Crippen LogP contribution is 2.39. The molecule has 5 nitrogen and oxygen atoms in total. The molecule has 0 saturated carbocycles. The molecule has 0 aliphatic rings. The minimum Gasteiger partial charge on any atom is -0.423 e. The maximum Gasteiger partial charge on any atom is 0.272 e. The summed E-state index contributed by atoms with van der Waals surface area (Å²) in [5.41, 5.74) is -0.287. The van der Waals surface area contributed by atoms with E-state index in [2.05, 4.69) is 10.2 Å². The fraction of sp³-hybridized carbons (Fsp3) is 0.200.